The number of benzene rings is 1. The van der Waals surface area contributed by atoms with Crippen LogP contribution in [-0.4, -0.2) is 14.9 Å². The van der Waals surface area contributed by atoms with Gasteiger partial charge in [-0.1, -0.05) is 75.1 Å². The summed E-state index contributed by atoms with van der Waals surface area (Å²) in [4.78, 5) is 18.6. The van der Waals surface area contributed by atoms with Crippen LogP contribution in [0.15, 0.2) is 72.4 Å². The van der Waals surface area contributed by atoms with Crippen LogP contribution in [0.5, 0.6) is 0 Å². The van der Waals surface area contributed by atoms with E-state index in [9.17, 15) is 10.1 Å². The van der Waals surface area contributed by atoms with Crippen LogP contribution in [-0.2, 0) is 0 Å². The first-order chi connectivity index (χ1) is 17.0. The fraction of sp³-hybridized carbons (Fsp3) is 0.433. The number of fused-ring (bicyclic) bond motifs is 1. The molecule has 0 radical (unpaired) electrons. The van der Waals surface area contributed by atoms with Crippen molar-refractivity contribution in [3.63, 3.8) is 0 Å². The quantitative estimate of drug-likeness (QED) is 0.226. The van der Waals surface area contributed by atoms with Crippen LogP contribution < -0.4 is 0 Å². The highest BCUT2D eigenvalue weighted by Gasteiger charge is 2.25. The van der Waals surface area contributed by atoms with Crippen molar-refractivity contribution in [1.82, 2.24) is 9.97 Å². The largest absolute Gasteiger partial charge is 0.338 e. The smallest absolute Gasteiger partial charge is 0.271 e. The van der Waals surface area contributed by atoms with E-state index in [0.717, 1.165) is 42.1 Å². The number of nitro groups is 1. The second-order valence-electron chi connectivity index (χ2n) is 9.98. The van der Waals surface area contributed by atoms with Crippen LogP contribution in [0.1, 0.15) is 71.0 Å². The lowest BCUT2D eigenvalue weighted by molar-refractivity contribution is -0.384. The fourth-order valence-corrected chi connectivity index (χ4v) is 5.63. The first-order valence-electron chi connectivity index (χ1n) is 13.0. The highest BCUT2D eigenvalue weighted by molar-refractivity contribution is 5.83. The summed E-state index contributed by atoms with van der Waals surface area (Å²) in [5.41, 5.74) is 5.29. The molecule has 0 spiro atoms. The molecule has 0 saturated heterocycles. The van der Waals surface area contributed by atoms with Crippen molar-refractivity contribution in [3.05, 3.63) is 88.3 Å². The molecule has 0 aliphatic heterocycles. The number of nitro benzene ring substituents is 1. The van der Waals surface area contributed by atoms with Gasteiger partial charge in [0.2, 0.25) is 0 Å². The van der Waals surface area contributed by atoms with E-state index in [-0.39, 0.29) is 10.6 Å². The molecule has 4 rings (SSSR count). The second-order valence-corrected chi connectivity index (χ2v) is 9.98. The lowest BCUT2D eigenvalue weighted by Gasteiger charge is -2.31. The van der Waals surface area contributed by atoms with Crippen LogP contribution >= 0.6 is 0 Å². The summed E-state index contributed by atoms with van der Waals surface area (Å²) in [7, 11) is 0. The summed E-state index contributed by atoms with van der Waals surface area (Å²) in [6.07, 6.45) is 23.1. The Hall–Kier alpha value is -3.21. The van der Waals surface area contributed by atoms with Crippen molar-refractivity contribution in [1.29, 1.82) is 0 Å². The van der Waals surface area contributed by atoms with E-state index >= 15 is 0 Å². The monoisotopic (exact) mass is 471 g/mol. The summed E-state index contributed by atoms with van der Waals surface area (Å²) in [6, 6.07) is 4.73. The van der Waals surface area contributed by atoms with E-state index in [1.807, 2.05) is 0 Å². The highest BCUT2D eigenvalue weighted by atomic mass is 16.6. The molecule has 2 unspecified atom stereocenters. The van der Waals surface area contributed by atoms with Gasteiger partial charge in [0.05, 0.1) is 16.0 Å². The molecule has 184 valence electrons. The number of allylic oxidation sites excluding steroid dienone is 9. The summed E-state index contributed by atoms with van der Waals surface area (Å²) >= 11 is 0. The molecule has 35 heavy (non-hydrogen) atoms. The molecule has 1 aromatic heterocycles. The van der Waals surface area contributed by atoms with E-state index in [4.69, 9.17) is 0 Å². The van der Waals surface area contributed by atoms with Crippen molar-refractivity contribution >= 4 is 22.3 Å². The summed E-state index contributed by atoms with van der Waals surface area (Å²) in [5.74, 6) is 2.59. The van der Waals surface area contributed by atoms with E-state index in [1.165, 1.54) is 49.3 Å². The Kier molecular flexibility index (Phi) is 8.17. The molecule has 5 nitrogen and oxygen atoms in total. The number of aromatic amines is 1. The molecule has 2 aliphatic rings. The van der Waals surface area contributed by atoms with Gasteiger partial charge in [0, 0.05) is 17.7 Å². The van der Waals surface area contributed by atoms with Gasteiger partial charge in [0.15, 0.2) is 0 Å². The van der Waals surface area contributed by atoms with Gasteiger partial charge in [-0.15, -0.1) is 6.58 Å². The van der Waals surface area contributed by atoms with Crippen molar-refractivity contribution in [2.75, 3.05) is 0 Å². The van der Waals surface area contributed by atoms with Gasteiger partial charge in [-0.25, -0.2) is 4.98 Å². The minimum Gasteiger partial charge on any atom is -0.338 e. The summed E-state index contributed by atoms with van der Waals surface area (Å²) in [5, 5.41) is 11.1. The van der Waals surface area contributed by atoms with Crippen molar-refractivity contribution in [3.8, 4) is 0 Å². The Morgan fingerprint density at radius 2 is 2.06 bits per heavy atom. The highest BCUT2D eigenvalue weighted by Crippen LogP contribution is 2.36. The normalized spacial score (nSPS) is 19.1. The average molecular weight is 472 g/mol. The van der Waals surface area contributed by atoms with E-state index in [2.05, 4.69) is 66.9 Å². The Balaban J connectivity index is 1.45. The maximum atomic E-state index is 11.1. The topological polar surface area (TPSA) is 71.8 Å². The number of rotatable bonds is 9. The maximum Gasteiger partial charge on any atom is 0.271 e. The Morgan fingerprint density at radius 3 is 2.77 bits per heavy atom. The van der Waals surface area contributed by atoms with Crippen LogP contribution in [0.4, 0.5) is 5.69 Å². The zero-order valence-electron chi connectivity index (χ0n) is 21.0. The van der Waals surface area contributed by atoms with E-state index in [0.29, 0.717) is 17.4 Å². The number of nitrogens with zero attached hydrogens (tertiary/aromatic N) is 2. The summed E-state index contributed by atoms with van der Waals surface area (Å²) < 4.78 is 0. The molecule has 1 saturated carbocycles. The lowest BCUT2D eigenvalue weighted by atomic mass is 9.74. The lowest BCUT2D eigenvalue weighted by Crippen LogP contribution is -2.21. The zero-order chi connectivity index (χ0) is 24.8. The molecule has 2 aromatic rings. The number of imidazole rings is 1. The maximum absolute atomic E-state index is 11.1. The van der Waals surface area contributed by atoms with Gasteiger partial charge < -0.3 is 4.98 Å². The molecule has 1 aromatic carbocycles. The minimum absolute atomic E-state index is 0.0670. The van der Waals surface area contributed by atoms with E-state index in [1.54, 1.807) is 12.1 Å². The summed E-state index contributed by atoms with van der Waals surface area (Å²) in [6.45, 7) is 8.79. The van der Waals surface area contributed by atoms with Gasteiger partial charge >= 0.3 is 0 Å². The zero-order valence-corrected chi connectivity index (χ0v) is 21.0. The van der Waals surface area contributed by atoms with Gasteiger partial charge in [-0.3, -0.25) is 10.1 Å². The van der Waals surface area contributed by atoms with Crippen LogP contribution in [0.2, 0.25) is 0 Å². The second kappa shape index (κ2) is 11.5. The van der Waals surface area contributed by atoms with E-state index < -0.39 is 0 Å². The molecule has 2 atom stereocenters. The molecule has 0 bridgehead atoms. The minimum atomic E-state index is -0.382. The first-order valence-corrected chi connectivity index (χ1v) is 13.0. The molecule has 1 fully saturated rings. The van der Waals surface area contributed by atoms with Gasteiger partial charge in [-0.05, 0) is 61.5 Å². The van der Waals surface area contributed by atoms with Crippen molar-refractivity contribution in [2.24, 2.45) is 17.8 Å². The Labute approximate surface area is 208 Å². The Bertz CT molecular complexity index is 1190. The first kappa shape index (κ1) is 24.9. The number of aromatic nitrogens is 2. The Morgan fingerprint density at radius 1 is 1.26 bits per heavy atom. The standard InChI is InChI=1S/C30H37N3O2/c1-4-22(18-21(3)27(5-2)24-11-7-6-8-12-24)19-23-10-9-13-25(15-14-23)30-31-28-17-16-26(33(34)35)20-29(28)32-30/h5,10,13-18,20-21,24,27H,2,4,6-9,11-12,19H2,1,3H3,(H,31,32)/b22-18+. The SMILES string of the molecule is C=CC(C(C)/C=C(\CC)CC1=CCC=C(c2nc3ccc([N+](=O)[O-])cc3[nH]2)C=C1)C1CCCCC1. The van der Waals surface area contributed by atoms with Crippen LogP contribution in [0, 0.1) is 27.9 Å². The predicted molar refractivity (Wildman–Crippen MR) is 145 cm³/mol. The third-order valence-corrected chi connectivity index (χ3v) is 7.60. The fourth-order valence-electron chi connectivity index (χ4n) is 5.63. The molecule has 1 N–H and O–H groups in total. The number of non-ortho nitro benzene ring substituents is 1. The molecule has 2 aliphatic carbocycles. The van der Waals surface area contributed by atoms with Crippen LogP contribution in [0.3, 0.4) is 0 Å². The van der Waals surface area contributed by atoms with Gasteiger partial charge in [-0.2, -0.15) is 0 Å². The van der Waals surface area contributed by atoms with Gasteiger partial charge in [0.1, 0.15) is 5.82 Å². The third kappa shape index (κ3) is 6.08. The molecular formula is C30H37N3O2. The van der Waals surface area contributed by atoms with Gasteiger partial charge in [0.25, 0.3) is 5.69 Å². The number of hydrogen-bond donors (Lipinski definition) is 1. The average Bonchev–Trinajstić information content (AvgIpc) is 3.15. The van der Waals surface area contributed by atoms with Crippen molar-refractivity contribution in [2.45, 2.75) is 65.2 Å². The number of H-pyrrole nitrogens is 1. The molecule has 0 amide bonds. The number of nitrogens with one attached hydrogen (secondary N) is 1. The molecular weight excluding hydrogens is 434 g/mol. The molecule has 5 heteroatoms. The van der Waals surface area contributed by atoms with Crippen molar-refractivity contribution < 1.29 is 4.92 Å². The third-order valence-electron chi connectivity index (χ3n) is 7.60. The molecule has 1 heterocycles. The predicted octanol–water partition coefficient (Wildman–Crippen LogP) is 8.49. The number of hydrogen-bond acceptors (Lipinski definition) is 3. The van der Waals surface area contributed by atoms with Crippen LogP contribution in [0.25, 0.3) is 16.6 Å².